The molecule has 0 aliphatic carbocycles. The summed E-state index contributed by atoms with van der Waals surface area (Å²) in [5.41, 5.74) is 6.94. The van der Waals surface area contributed by atoms with Crippen molar-refractivity contribution in [3.05, 3.63) is 23.8 Å². The number of carbonyl (C=O) groups excluding carboxylic acids is 1. The zero-order valence-electron chi connectivity index (χ0n) is 13.7. The fourth-order valence-corrected chi connectivity index (χ4v) is 3.29. The number of halogens is 1. The van der Waals surface area contributed by atoms with E-state index in [1.165, 1.54) is 0 Å². The summed E-state index contributed by atoms with van der Waals surface area (Å²) < 4.78 is 11.0. The van der Waals surface area contributed by atoms with Crippen LogP contribution in [-0.2, 0) is 11.2 Å². The lowest BCUT2D eigenvalue weighted by Gasteiger charge is -2.29. The SMILES string of the molecule is COc1ccc2c(c1)CC(C(=O)N1CCC(C)(CN)C1)CO2.Cl. The Morgan fingerprint density at radius 3 is 2.96 bits per heavy atom. The summed E-state index contributed by atoms with van der Waals surface area (Å²) in [5.74, 6) is 1.73. The number of nitrogens with two attached hydrogens (primary N) is 1. The molecular weight excluding hydrogens is 316 g/mol. The molecule has 3 rings (SSSR count). The topological polar surface area (TPSA) is 64.8 Å². The molecule has 0 radical (unpaired) electrons. The van der Waals surface area contributed by atoms with Crippen LogP contribution in [0.4, 0.5) is 0 Å². The van der Waals surface area contributed by atoms with Gasteiger partial charge >= 0.3 is 0 Å². The van der Waals surface area contributed by atoms with Crippen LogP contribution in [0.1, 0.15) is 18.9 Å². The van der Waals surface area contributed by atoms with Gasteiger partial charge in [0, 0.05) is 13.1 Å². The molecule has 2 aliphatic rings. The molecule has 128 valence electrons. The van der Waals surface area contributed by atoms with E-state index in [9.17, 15) is 4.79 Å². The quantitative estimate of drug-likeness (QED) is 0.912. The molecule has 2 aliphatic heterocycles. The lowest BCUT2D eigenvalue weighted by molar-refractivity contribution is -0.136. The second-order valence-corrected chi connectivity index (χ2v) is 6.71. The standard InChI is InChI=1S/C17H24N2O3.ClH/c1-17(10-18)5-6-19(11-17)16(20)13-7-12-8-14(21-2)3-4-15(12)22-9-13;/h3-4,8,13H,5-7,9-11,18H2,1-2H3;1H. The Hall–Kier alpha value is -1.46. The summed E-state index contributed by atoms with van der Waals surface area (Å²) in [6.45, 7) is 4.78. The van der Waals surface area contributed by atoms with E-state index in [1.807, 2.05) is 23.1 Å². The highest BCUT2D eigenvalue weighted by molar-refractivity contribution is 5.85. The normalized spacial score (nSPS) is 26.0. The van der Waals surface area contributed by atoms with Crippen LogP contribution in [0.15, 0.2) is 18.2 Å². The maximum Gasteiger partial charge on any atom is 0.229 e. The highest BCUT2D eigenvalue weighted by Gasteiger charge is 2.38. The van der Waals surface area contributed by atoms with Crippen LogP contribution in [0.25, 0.3) is 0 Å². The van der Waals surface area contributed by atoms with E-state index in [0.29, 0.717) is 19.6 Å². The van der Waals surface area contributed by atoms with Crippen molar-refractivity contribution >= 4 is 18.3 Å². The van der Waals surface area contributed by atoms with E-state index < -0.39 is 0 Å². The lowest BCUT2D eigenvalue weighted by Crippen LogP contribution is -2.41. The van der Waals surface area contributed by atoms with Crippen molar-refractivity contribution in [1.82, 2.24) is 4.90 Å². The van der Waals surface area contributed by atoms with Crippen LogP contribution in [0.2, 0.25) is 0 Å². The van der Waals surface area contributed by atoms with Gasteiger partial charge in [0.15, 0.2) is 0 Å². The average molecular weight is 341 g/mol. The number of hydrogen-bond acceptors (Lipinski definition) is 4. The van der Waals surface area contributed by atoms with Crippen LogP contribution in [0, 0.1) is 11.3 Å². The first-order valence-corrected chi connectivity index (χ1v) is 7.83. The number of fused-ring (bicyclic) bond motifs is 1. The summed E-state index contributed by atoms with van der Waals surface area (Å²) in [6.07, 6.45) is 1.69. The molecule has 2 heterocycles. The number of amides is 1. The largest absolute Gasteiger partial charge is 0.497 e. The maximum atomic E-state index is 12.7. The van der Waals surface area contributed by atoms with Gasteiger partial charge in [0.25, 0.3) is 0 Å². The molecule has 0 spiro atoms. The first-order valence-electron chi connectivity index (χ1n) is 7.83. The smallest absolute Gasteiger partial charge is 0.229 e. The molecule has 5 nitrogen and oxygen atoms in total. The van der Waals surface area contributed by atoms with Crippen molar-refractivity contribution in [2.75, 3.05) is 33.4 Å². The third-order valence-electron chi connectivity index (χ3n) is 4.89. The third kappa shape index (κ3) is 3.56. The second-order valence-electron chi connectivity index (χ2n) is 6.71. The highest BCUT2D eigenvalue weighted by Crippen LogP contribution is 2.34. The van der Waals surface area contributed by atoms with Gasteiger partial charge in [-0.2, -0.15) is 0 Å². The van der Waals surface area contributed by atoms with Crippen LogP contribution in [-0.4, -0.2) is 44.2 Å². The van der Waals surface area contributed by atoms with E-state index in [-0.39, 0.29) is 29.6 Å². The molecule has 1 aromatic carbocycles. The van der Waals surface area contributed by atoms with Crippen molar-refractivity contribution < 1.29 is 14.3 Å². The van der Waals surface area contributed by atoms with E-state index in [0.717, 1.165) is 36.6 Å². The van der Waals surface area contributed by atoms with Gasteiger partial charge in [-0.1, -0.05) is 6.92 Å². The predicted molar refractivity (Wildman–Crippen MR) is 91.3 cm³/mol. The van der Waals surface area contributed by atoms with Crippen LogP contribution in [0.5, 0.6) is 11.5 Å². The number of nitrogens with zero attached hydrogens (tertiary/aromatic N) is 1. The fourth-order valence-electron chi connectivity index (χ4n) is 3.29. The minimum Gasteiger partial charge on any atom is -0.497 e. The Balaban J connectivity index is 0.00000192. The zero-order chi connectivity index (χ0) is 15.7. The monoisotopic (exact) mass is 340 g/mol. The van der Waals surface area contributed by atoms with Gasteiger partial charge in [0.05, 0.1) is 13.0 Å². The van der Waals surface area contributed by atoms with E-state index >= 15 is 0 Å². The van der Waals surface area contributed by atoms with Gasteiger partial charge in [-0.15, -0.1) is 12.4 Å². The second kappa shape index (κ2) is 6.97. The van der Waals surface area contributed by atoms with E-state index in [2.05, 4.69) is 6.92 Å². The first kappa shape index (κ1) is 17.9. The summed E-state index contributed by atoms with van der Waals surface area (Å²) in [6, 6.07) is 5.76. The number of likely N-dealkylation sites (tertiary alicyclic amines) is 1. The number of hydrogen-bond donors (Lipinski definition) is 1. The number of benzene rings is 1. The predicted octanol–water partition coefficient (Wildman–Crippen LogP) is 1.87. The van der Waals surface area contributed by atoms with Crippen LogP contribution >= 0.6 is 12.4 Å². The molecule has 1 aromatic rings. The lowest BCUT2D eigenvalue weighted by atomic mass is 9.90. The molecular formula is C17H25ClN2O3. The molecule has 1 saturated heterocycles. The third-order valence-corrected chi connectivity index (χ3v) is 4.89. The van der Waals surface area contributed by atoms with E-state index in [4.69, 9.17) is 15.2 Å². The number of rotatable bonds is 3. The number of carbonyl (C=O) groups is 1. The van der Waals surface area contributed by atoms with E-state index in [1.54, 1.807) is 7.11 Å². The molecule has 2 N–H and O–H groups in total. The van der Waals surface area contributed by atoms with Gasteiger partial charge in [0.1, 0.15) is 18.1 Å². The Kier molecular flexibility index (Phi) is 5.42. The fraction of sp³-hybridized carbons (Fsp3) is 0.588. The average Bonchev–Trinajstić information content (AvgIpc) is 2.96. The van der Waals surface area contributed by atoms with Crippen LogP contribution in [0.3, 0.4) is 0 Å². The van der Waals surface area contributed by atoms with Gasteiger partial charge in [0.2, 0.25) is 5.91 Å². The van der Waals surface area contributed by atoms with Crippen molar-refractivity contribution in [2.24, 2.45) is 17.1 Å². The van der Waals surface area contributed by atoms with Gasteiger partial charge in [-0.25, -0.2) is 0 Å². The molecule has 1 amide bonds. The van der Waals surface area contributed by atoms with Gasteiger partial charge in [-0.05, 0) is 48.6 Å². The first-order chi connectivity index (χ1) is 10.5. The molecule has 0 bridgehead atoms. The zero-order valence-corrected chi connectivity index (χ0v) is 14.5. The van der Waals surface area contributed by atoms with Gasteiger partial charge < -0.3 is 20.1 Å². The Bertz CT molecular complexity index is 581. The van der Waals surface area contributed by atoms with Crippen molar-refractivity contribution in [3.8, 4) is 11.5 Å². The number of ether oxygens (including phenoxy) is 2. The molecule has 2 unspecified atom stereocenters. The summed E-state index contributed by atoms with van der Waals surface area (Å²) in [5, 5.41) is 0. The Morgan fingerprint density at radius 2 is 2.30 bits per heavy atom. The van der Waals surface area contributed by atoms with Crippen molar-refractivity contribution in [1.29, 1.82) is 0 Å². The summed E-state index contributed by atoms with van der Waals surface area (Å²) in [4.78, 5) is 14.7. The minimum absolute atomic E-state index is 0. The van der Waals surface area contributed by atoms with Crippen molar-refractivity contribution in [2.45, 2.75) is 19.8 Å². The summed E-state index contributed by atoms with van der Waals surface area (Å²) in [7, 11) is 1.64. The highest BCUT2D eigenvalue weighted by atomic mass is 35.5. The Morgan fingerprint density at radius 1 is 1.52 bits per heavy atom. The molecule has 2 atom stereocenters. The minimum atomic E-state index is -0.111. The Labute approximate surface area is 143 Å². The molecule has 0 saturated carbocycles. The number of methoxy groups -OCH3 is 1. The molecule has 1 fully saturated rings. The molecule has 0 aromatic heterocycles. The van der Waals surface area contributed by atoms with Gasteiger partial charge in [-0.3, -0.25) is 4.79 Å². The molecule has 6 heteroatoms. The maximum absolute atomic E-state index is 12.7. The summed E-state index contributed by atoms with van der Waals surface area (Å²) >= 11 is 0. The van der Waals surface area contributed by atoms with Crippen LogP contribution < -0.4 is 15.2 Å². The molecule has 23 heavy (non-hydrogen) atoms. The van der Waals surface area contributed by atoms with Crippen molar-refractivity contribution in [3.63, 3.8) is 0 Å².